The molecule has 0 bridgehead atoms. The molecule has 2 heteroatoms. The summed E-state index contributed by atoms with van der Waals surface area (Å²) >= 11 is 0. The smallest absolute Gasteiger partial charge is 0.126 e. The van der Waals surface area contributed by atoms with Gasteiger partial charge in [-0.25, -0.2) is 0 Å². The third-order valence-electron chi connectivity index (χ3n) is 2.82. The summed E-state index contributed by atoms with van der Waals surface area (Å²) in [7, 11) is 0. The highest BCUT2D eigenvalue weighted by Gasteiger charge is 2.57. The van der Waals surface area contributed by atoms with E-state index in [2.05, 4.69) is 32.6 Å². The fraction of sp³-hybridized carbons (Fsp3) is 0.833. The summed E-state index contributed by atoms with van der Waals surface area (Å²) in [5.41, 5.74) is -0.465. The van der Waals surface area contributed by atoms with E-state index in [-0.39, 0.29) is 10.8 Å². The van der Waals surface area contributed by atoms with E-state index in [9.17, 15) is 5.11 Å². The molecule has 1 spiro atoms. The molecule has 2 aliphatic rings. The minimum Gasteiger partial charge on any atom is -0.380 e. The van der Waals surface area contributed by atoms with Crippen LogP contribution in [0.1, 0.15) is 33.6 Å². The second kappa shape index (κ2) is 2.74. The highest BCUT2D eigenvalue weighted by Crippen LogP contribution is 2.52. The maximum absolute atomic E-state index is 10.0. The maximum Gasteiger partial charge on any atom is 0.126 e. The highest BCUT2D eigenvalue weighted by molar-refractivity contribution is 5.25. The first-order valence-corrected chi connectivity index (χ1v) is 5.17. The van der Waals surface area contributed by atoms with Gasteiger partial charge in [-0.05, 0) is 33.6 Å². The first-order valence-electron chi connectivity index (χ1n) is 5.17. The van der Waals surface area contributed by atoms with Gasteiger partial charge < -0.3 is 9.84 Å². The zero-order chi connectivity index (χ0) is 10.4. The van der Waals surface area contributed by atoms with E-state index in [1.165, 1.54) is 0 Å². The van der Waals surface area contributed by atoms with E-state index in [0.29, 0.717) is 0 Å². The molecule has 0 aromatic rings. The average molecular weight is 194 g/mol. The molecular weight excluding hydrogens is 176 g/mol. The van der Waals surface area contributed by atoms with Crippen LogP contribution in [0, 0.1) is 22.7 Å². The zero-order valence-electron chi connectivity index (χ0n) is 9.18. The molecule has 1 aliphatic carbocycles. The normalized spacial score (nSPS) is 27.1. The summed E-state index contributed by atoms with van der Waals surface area (Å²) in [6.07, 6.45) is 1.59. The van der Waals surface area contributed by atoms with Gasteiger partial charge in [0.05, 0.1) is 13.2 Å². The number of aliphatic hydroxyl groups is 1. The van der Waals surface area contributed by atoms with Crippen LogP contribution < -0.4 is 0 Å². The van der Waals surface area contributed by atoms with Gasteiger partial charge in [0, 0.05) is 10.8 Å². The van der Waals surface area contributed by atoms with Crippen LogP contribution in [0.3, 0.4) is 0 Å². The first kappa shape index (κ1) is 10.0. The molecule has 1 N–H and O–H groups in total. The van der Waals surface area contributed by atoms with Crippen molar-refractivity contribution in [1.29, 1.82) is 0 Å². The molecule has 0 radical (unpaired) electrons. The van der Waals surface area contributed by atoms with Crippen molar-refractivity contribution in [2.24, 2.45) is 10.8 Å². The molecule has 78 valence electrons. The molecule has 2 nitrogen and oxygen atoms in total. The van der Waals surface area contributed by atoms with Gasteiger partial charge in [-0.2, -0.15) is 0 Å². The molecular formula is C12H18O2. The molecule has 0 unspecified atom stereocenters. The molecule has 1 heterocycles. The fourth-order valence-corrected chi connectivity index (χ4v) is 2.18. The number of hydrogen-bond acceptors (Lipinski definition) is 2. The SMILES string of the molecule is CC(C)(C)C#CC1(O)CC2(COC2)C1. The van der Waals surface area contributed by atoms with E-state index in [1.807, 2.05) is 0 Å². The molecule has 0 amide bonds. The monoisotopic (exact) mass is 194 g/mol. The minimum atomic E-state index is -0.725. The second-order valence-electron chi connectivity index (χ2n) is 5.88. The Balaban J connectivity index is 1.96. The van der Waals surface area contributed by atoms with Crippen LogP contribution in [0.4, 0.5) is 0 Å². The van der Waals surface area contributed by atoms with E-state index in [1.54, 1.807) is 0 Å². The standard InChI is InChI=1S/C12H18O2/c1-10(2,3)4-5-12(13)6-11(7-12)8-14-9-11/h13H,6-9H2,1-3H3. The van der Waals surface area contributed by atoms with Crippen molar-refractivity contribution >= 4 is 0 Å². The van der Waals surface area contributed by atoms with E-state index in [4.69, 9.17) is 4.74 Å². The van der Waals surface area contributed by atoms with Gasteiger partial charge in [-0.15, -0.1) is 0 Å². The summed E-state index contributed by atoms with van der Waals surface area (Å²) in [6, 6.07) is 0. The van der Waals surface area contributed by atoms with Gasteiger partial charge in [-0.3, -0.25) is 0 Å². The Bertz CT molecular complexity index is 289. The van der Waals surface area contributed by atoms with Gasteiger partial charge in [0.1, 0.15) is 5.60 Å². The Labute approximate surface area is 85.6 Å². The molecule has 1 saturated heterocycles. The summed E-state index contributed by atoms with van der Waals surface area (Å²) < 4.78 is 5.16. The molecule has 1 saturated carbocycles. The fourth-order valence-electron chi connectivity index (χ4n) is 2.18. The van der Waals surface area contributed by atoms with Crippen LogP contribution in [0.5, 0.6) is 0 Å². The van der Waals surface area contributed by atoms with Crippen LogP contribution in [0.25, 0.3) is 0 Å². The lowest BCUT2D eigenvalue weighted by atomic mass is 9.58. The second-order valence-corrected chi connectivity index (χ2v) is 5.88. The van der Waals surface area contributed by atoms with Crippen molar-refractivity contribution in [2.45, 2.75) is 39.2 Å². The predicted molar refractivity (Wildman–Crippen MR) is 54.7 cm³/mol. The van der Waals surface area contributed by atoms with Crippen LogP contribution in [-0.4, -0.2) is 23.9 Å². The van der Waals surface area contributed by atoms with Crippen molar-refractivity contribution in [1.82, 2.24) is 0 Å². The van der Waals surface area contributed by atoms with Gasteiger partial charge in [-0.1, -0.05) is 11.8 Å². The van der Waals surface area contributed by atoms with E-state index < -0.39 is 5.60 Å². The summed E-state index contributed by atoms with van der Waals surface area (Å²) in [6.45, 7) is 7.80. The van der Waals surface area contributed by atoms with Crippen LogP contribution >= 0.6 is 0 Å². The Morgan fingerprint density at radius 2 is 1.79 bits per heavy atom. The van der Waals surface area contributed by atoms with Crippen LogP contribution in [0.2, 0.25) is 0 Å². The first-order chi connectivity index (χ1) is 6.33. The number of ether oxygens (including phenoxy) is 1. The van der Waals surface area contributed by atoms with Crippen LogP contribution in [0.15, 0.2) is 0 Å². The molecule has 2 rings (SSSR count). The van der Waals surface area contributed by atoms with Crippen molar-refractivity contribution in [3.05, 3.63) is 0 Å². The number of rotatable bonds is 0. The number of hydrogen-bond donors (Lipinski definition) is 1. The Morgan fingerprint density at radius 1 is 1.21 bits per heavy atom. The van der Waals surface area contributed by atoms with Crippen molar-refractivity contribution in [3.8, 4) is 11.8 Å². The lowest BCUT2D eigenvalue weighted by molar-refractivity contribution is -0.220. The molecule has 0 aromatic carbocycles. The van der Waals surface area contributed by atoms with E-state index in [0.717, 1.165) is 26.1 Å². The lowest BCUT2D eigenvalue weighted by Crippen LogP contribution is -2.60. The third kappa shape index (κ3) is 1.80. The predicted octanol–water partition coefficient (Wildman–Crippen LogP) is 1.58. The third-order valence-corrected chi connectivity index (χ3v) is 2.82. The van der Waals surface area contributed by atoms with Crippen molar-refractivity contribution < 1.29 is 9.84 Å². The lowest BCUT2D eigenvalue weighted by Gasteiger charge is -2.55. The van der Waals surface area contributed by atoms with Crippen molar-refractivity contribution in [3.63, 3.8) is 0 Å². The molecule has 0 atom stereocenters. The average Bonchev–Trinajstić information content (AvgIpc) is 1.90. The molecule has 0 aromatic heterocycles. The summed E-state index contributed by atoms with van der Waals surface area (Å²) in [4.78, 5) is 0. The van der Waals surface area contributed by atoms with Gasteiger partial charge >= 0.3 is 0 Å². The maximum atomic E-state index is 10.0. The minimum absolute atomic E-state index is 0.0192. The zero-order valence-corrected chi connectivity index (χ0v) is 9.18. The molecule has 2 fully saturated rings. The molecule has 14 heavy (non-hydrogen) atoms. The summed E-state index contributed by atoms with van der Waals surface area (Å²) in [5.74, 6) is 6.12. The van der Waals surface area contributed by atoms with Crippen LogP contribution in [-0.2, 0) is 4.74 Å². The van der Waals surface area contributed by atoms with Gasteiger partial charge in [0.25, 0.3) is 0 Å². The largest absolute Gasteiger partial charge is 0.380 e. The van der Waals surface area contributed by atoms with E-state index >= 15 is 0 Å². The highest BCUT2D eigenvalue weighted by atomic mass is 16.5. The quantitative estimate of drug-likeness (QED) is 0.593. The van der Waals surface area contributed by atoms with Crippen molar-refractivity contribution in [2.75, 3.05) is 13.2 Å². The van der Waals surface area contributed by atoms with Gasteiger partial charge in [0.15, 0.2) is 0 Å². The Morgan fingerprint density at radius 3 is 2.14 bits per heavy atom. The molecule has 1 aliphatic heterocycles. The summed E-state index contributed by atoms with van der Waals surface area (Å²) in [5, 5.41) is 10.0. The Hall–Kier alpha value is -0.520. The topological polar surface area (TPSA) is 29.5 Å². The Kier molecular flexibility index (Phi) is 1.96. The van der Waals surface area contributed by atoms with Gasteiger partial charge in [0.2, 0.25) is 0 Å².